The summed E-state index contributed by atoms with van der Waals surface area (Å²) in [5, 5.41) is 0. The second kappa shape index (κ2) is 5.59. The smallest absolute Gasteiger partial charge is 0.243 e. The standard InChI is InChI=1S/C15H22N2O3S/c1-2-20-12-4-6-13(7-5-12)21(18,19)17-9-11-3-8-15(16)14(11)10-17/h4-7,11,14-15H,2-3,8-10,16H2,1H3. The molecule has 3 rings (SSSR count). The fourth-order valence-electron chi connectivity index (χ4n) is 3.49. The van der Waals surface area contributed by atoms with Crippen LogP contribution in [0.25, 0.3) is 0 Å². The van der Waals surface area contributed by atoms with E-state index >= 15 is 0 Å². The maximum Gasteiger partial charge on any atom is 0.243 e. The van der Waals surface area contributed by atoms with E-state index in [9.17, 15) is 8.42 Å². The van der Waals surface area contributed by atoms with Crippen molar-refractivity contribution in [3.05, 3.63) is 24.3 Å². The van der Waals surface area contributed by atoms with Crippen molar-refractivity contribution in [3.8, 4) is 5.75 Å². The van der Waals surface area contributed by atoms with Crippen molar-refractivity contribution in [2.75, 3.05) is 19.7 Å². The highest BCUT2D eigenvalue weighted by molar-refractivity contribution is 7.89. The Bertz CT molecular complexity index is 600. The Balaban J connectivity index is 1.78. The van der Waals surface area contributed by atoms with Gasteiger partial charge < -0.3 is 10.5 Å². The molecule has 1 aliphatic carbocycles. The van der Waals surface area contributed by atoms with Gasteiger partial charge in [0, 0.05) is 19.1 Å². The average Bonchev–Trinajstić information content (AvgIpc) is 3.03. The number of nitrogens with two attached hydrogens (primary N) is 1. The van der Waals surface area contributed by atoms with E-state index in [0.717, 1.165) is 12.8 Å². The van der Waals surface area contributed by atoms with Crippen LogP contribution in [0, 0.1) is 11.8 Å². The minimum atomic E-state index is -3.41. The molecular weight excluding hydrogens is 288 g/mol. The van der Waals surface area contributed by atoms with Gasteiger partial charge in [-0.15, -0.1) is 0 Å². The molecule has 1 heterocycles. The van der Waals surface area contributed by atoms with E-state index in [1.807, 2.05) is 6.92 Å². The fourth-order valence-corrected chi connectivity index (χ4v) is 5.02. The summed E-state index contributed by atoms with van der Waals surface area (Å²) < 4.78 is 32.3. The lowest BCUT2D eigenvalue weighted by Gasteiger charge is -2.18. The highest BCUT2D eigenvalue weighted by atomic mass is 32.2. The topological polar surface area (TPSA) is 72.6 Å². The molecule has 116 valence electrons. The second-order valence-corrected chi connectivity index (χ2v) is 7.83. The molecule has 5 nitrogen and oxygen atoms in total. The van der Waals surface area contributed by atoms with Gasteiger partial charge in [0.2, 0.25) is 10.0 Å². The van der Waals surface area contributed by atoms with Crippen LogP contribution >= 0.6 is 0 Å². The Labute approximate surface area is 126 Å². The molecule has 2 N–H and O–H groups in total. The van der Waals surface area contributed by atoms with E-state index < -0.39 is 10.0 Å². The van der Waals surface area contributed by atoms with Crippen LogP contribution in [0.2, 0.25) is 0 Å². The van der Waals surface area contributed by atoms with Crippen LogP contribution in [0.5, 0.6) is 5.75 Å². The van der Waals surface area contributed by atoms with Crippen molar-refractivity contribution in [2.24, 2.45) is 17.6 Å². The summed E-state index contributed by atoms with van der Waals surface area (Å²) in [6.07, 6.45) is 2.06. The Morgan fingerprint density at radius 3 is 2.57 bits per heavy atom. The lowest BCUT2D eigenvalue weighted by Crippen LogP contribution is -2.33. The molecule has 0 amide bonds. The van der Waals surface area contributed by atoms with E-state index in [1.54, 1.807) is 28.6 Å². The zero-order valence-electron chi connectivity index (χ0n) is 12.2. The molecule has 1 aliphatic heterocycles. The van der Waals surface area contributed by atoms with Gasteiger partial charge >= 0.3 is 0 Å². The Morgan fingerprint density at radius 1 is 1.24 bits per heavy atom. The third-order valence-electron chi connectivity index (χ3n) is 4.65. The quantitative estimate of drug-likeness (QED) is 0.913. The van der Waals surface area contributed by atoms with Crippen LogP contribution < -0.4 is 10.5 Å². The minimum Gasteiger partial charge on any atom is -0.494 e. The summed E-state index contributed by atoms with van der Waals surface area (Å²) >= 11 is 0. The number of hydrogen-bond acceptors (Lipinski definition) is 4. The minimum absolute atomic E-state index is 0.149. The van der Waals surface area contributed by atoms with Gasteiger partial charge in [-0.3, -0.25) is 0 Å². The molecule has 2 fully saturated rings. The molecule has 3 atom stereocenters. The Kier molecular flexibility index (Phi) is 3.94. The number of nitrogens with zero attached hydrogens (tertiary/aromatic N) is 1. The molecule has 1 aromatic rings. The SMILES string of the molecule is CCOc1ccc(S(=O)(=O)N2CC3CCC(N)C3C2)cc1. The molecule has 1 aromatic carbocycles. The van der Waals surface area contributed by atoms with Crippen molar-refractivity contribution >= 4 is 10.0 Å². The first-order valence-corrected chi connectivity index (χ1v) is 8.95. The molecule has 6 heteroatoms. The number of fused-ring (bicyclic) bond motifs is 1. The van der Waals surface area contributed by atoms with Gasteiger partial charge in [-0.05, 0) is 55.9 Å². The number of benzene rings is 1. The normalized spacial score (nSPS) is 29.5. The van der Waals surface area contributed by atoms with Crippen LogP contribution in [-0.2, 0) is 10.0 Å². The Morgan fingerprint density at radius 2 is 1.95 bits per heavy atom. The first-order chi connectivity index (χ1) is 10.0. The largest absolute Gasteiger partial charge is 0.494 e. The van der Waals surface area contributed by atoms with E-state index in [4.69, 9.17) is 10.5 Å². The van der Waals surface area contributed by atoms with Gasteiger partial charge in [0.15, 0.2) is 0 Å². The summed E-state index contributed by atoms with van der Waals surface area (Å²) in [4.78, 5) is 0.333. The van der Waals surface area contributed by atoms with Crippen molar-refractivity contribution in [1.29, 1.82) is 0 Å². The number of ether oxygens (including phenoxy) is 1. The maximum absolute atomic E-state index is 12.7. The molecule has 21 heavy (non-hydrogen) atoms. The number of rotatable bonds is 4. The summed E-state index contributed by atoms with van der Waals surface area (Å²) in [5.41, 5.74) is 6.08. The van der Waals surface area contributed by atoms with Crippen LogP contribution in [0.3, 0.4) is 0 Å². The highest BCUT2D eigenvalue weighted by Gasteiger charge is 2.44. The van der Waals surface area contributed by atoms with Gasteiger partial charge in [0.1, 0.15) is 5.75 Å². The summed E-state index contributed by atoms with van der Waals surface area (Å²) in [6, 6.07) is 6.80. The van der Waals surface area contributed by atoms with E-state index in [-0.39, 0.29) is 6.04 Å². The van der Waals surface area contributed by atoms with Crippen LogP contribution in [-0.4, -0.2) is 38.5 Å². The van der Waals surface area contributed by atoms with Crippen LogP contribution in [0.4, 0.5) is 0 Å². The first-order valence-electron chi connectivity index (χ1n) is 7.51. The number of hydrogen-bond donors (Lipinski definition) is 1. The summed E-state index contributed by atoms with van der Waals surface area (Å²) in [5.74, 6) is 1.44. The average molecular weight is 310 g/mol. The van der Waals surface area contributed by atoms with Gasteiger partial charge in [-0.25, -0.2) is 8.42 Å². The van der Waals surface area contributed by atoms with Gasteiger partial charge in [-0.2, -0.15) is 4.31 Å². The summed E-state index contributed by atoms with van der Waals surface area (Å²) in [6.45, 7) is 3.63. The molecule has 0 spiro atoms. The predicted molar refractivity (Wildman–Crippen MR) is 80.6 cm³/mol. The van der Waals surface area contributed by atoms with Crippen molar-refractivity contribution < 1.29 is 13.2 Å². The van der Waals surface area contributed by atoms with E-state index in [1.165, 1.54) is 0 Å². The lowest BCUT2D eigenvalue weighted by molar-refractivity contribution is 0.340. The zero-order valence-corrected chi connectivity index (χ0v) is 13.1. The first kappa shape index (κ1) is 14.8. The molecule has 1 saturated heterocycles. The third kappa shape index (κ3) is 2.67. The predicted octanol–water partition coefficient (Wildman–Crippen LogP) is 1.44. The van der Waals surface area contributed by atoms with Gasteiger partial charge in [0.25, 0.3) is 0 Å². The fraction of sp³-hybridized carbons (Fsp3) is 0.600. The molecule has 0 radical (unpaired) electrons. The van der Waals surface area contributed by atoms with Gasteiger partial charge in [-0.1, -0.05) is 0 Å². The molecule has 0 bridgehead atoms. The second-order valence-electron chi connectivity index (χ2n) is 5.89. The van der Waals surface area contributed by atoms with E-state index in [0.29, 0.717) is 42.2 Å². The molecular formula is C15H22N2O3S. The van der Waals surface area contributed by atoms with Crippen molar-refractivity contribution in [1.82, 2.24) is 4.31 Å². The van der Waals surface area contributed by atoms with E-state index in [2.05, 4.69) is 0 Å². The molecule has 0 aromatic heterocycles. The summed E-state index contributed by atoms with van der Waals surface area (Å²) in [7, 11) is -3.41. The molecule has 1 saturated carbocycles. The van der Waals surface area contributed by atoms with Crippen molar-refractivity contribution in [2.45, 2.75) is 30.7 Å². The van der Waals surface area contributed by atoms with Crippen molar-refractivity contribution in [3.63, 3.8) is 0 Å². The monoisotopic (exact) mass is 310 g/mol. The number of sulfonamides is 1. The maximum atomic E-state index is 12.7. The lowest BCUT2D eigenvalue weighted by atomic mass is 9.98. The van der Waals surface area contributed by atoms with Crippen LogP contribution in [0.15, 0.2) is 29.2 Å². The van der Waals surface area contributed by atoms with Gasteiger partial charge in [0.05, 0.1) is 11.5 Å². The molecule has 2 aliphatic rings. The Hall–Kier alpha value is -1.11. The van der Waals surface area contributed by atoms with Crippen LogP contribution in [0.1, 0.15) is 19.8 Å². The highest BCUT2D eigenvalue weighted by Crippen LogP contribution is 2.39. The third-order valence-corrected chi connectivity index (χ3v) is 6.50. The molecule has 3 unspecified atom stereocenters. The zero-order chi connectivity index (χ0) is 15.0.